The number of carbonyl (C=O) groups excluding carboxylic acids is 4. The minimum absolute atomic E-state index is 0.130. The van der Waals surface area contributed by atoms with E-state index in [0.29, 0.717) is 16.9 Å². The van der Waals surface area contributed by atoms with E-state index >= 15 is 0 Å². The van der Waals surface area contributed by atoms with Crippen LogP contribution in [0, 0.1) is 0 Å². The zero-order chi connectivity index (χ0) is 32.9. The molecule has 240 valence electrons. The van der Waals surface area contributed by atoms with Crippen LogP contribution in [0.5, 0.6) is 5.88 Å². The first kappa shape index (κ1) is 33.0. The van der Waals surface area contributed by atoms with Crippen molar-refractivity contribution in [1.29, 1.82) is 0 Å². The second-order valence-corrected chi connectivity index (χ2v) is 9.88. The highest BCUT2D eigenvalue weighted by Gasteiger charge is 2.53. The smallest absolute Gasteiger partial charge is 0.416 e. The summed E-state index contributed by atoms with van der Waals surface area (Å²) in [4.78, 5) is 47.8. The monoisotopic (exact) mass is 634 g/mol. The van der Waals surface area contributed by atoms with E-state index in [2.05, 4.69) is 5.10 Å². The van der Waals surface area contributed by atoms with Crippen molar-refractivity contribution in [3.8, 4) is 22.8 Å². The van der Waals surface area contributed by atoms with Crippen molar-refractivity contribution in [2.24, 2.45) is 0 Å². The molecule has 1 saturated heterocycles. The summed E-state index contributed by atoms with van der Waals surface area (Å²) in [6.07, 6.45) is -11.7. The van der Waals surface area contributed by atoms with Gasteiger partial charge < -0.3 is 28.4 Å². The summed E-state index contributed by atoms with van der Waals surface area (Å²) in [5.41, 5.74) is 0.376. The maximum Gasteiger partial charge on any atom is 0.416 e. The summed E-state index contributed by atoms with van der Waals surface area (Å²) in [5.74, 6) is -3.26. The molecule has 0 saturated carbocycles. The van der Waals surface area contributed by atoms with Crippen LogP contribution < -0.4 is 4.74 Å². The Labute approximate surface area is 254 Å². The predicted octanol–water partition coefficient (Wildman–Crippen LogP) is 4.02. The van der Waals surface area contributed by atoms with Crippen molar-refractivity contribution >= 4 is 23.9 Å². The molecule has 15 heteroatoms. The molecule has 0 unspecified atom stereocenters. The molecule has 12 nitrogen and oxygen atoms in total. The summed E-state index contributed by atoms with van der Waals surface area (Å²) in [6, 6.07) is 14.5. The number of nitrogens with zero attached hydrogens (tertiary/aromatic N) is 2. The third-order valence-corrected chi connectivity index (χ3v) is 6.38. The second kappa shape index (κ2) is 13.8. The van der Waals surface area contributed by atoms with Crippen molar-refractivity contribution in [2.45, 2.75) is 64.6 Å². The van der Waals surface area contributed by atoms with Gasteiger partial charge in [0.15, 0.2) is 12.2 Å². The number of alkyl halides is 3. The van der Waals surface area contributed by atoms with Gasteiger partial charge in [0.25, 0.3) is 0 Å². The standard InChI is InChI=1S/C30H29F3N2O10/c1-16(36)40-15-24-26(41-17(2)37)27(42-18(3)38)28(43-19(4)39)29(44-24)45-25-14-23(35(34-25)22-8-6-5-7-9-22)20-10-12-21(13-11-20)30(31,32)33/h5-14,24,26-29H,15H2,1-4H3/t24-,26-,27+,28-,29+/m1/s1. The Morgan fingerprint density at radius 3 is 1.93 bits per heavy atom. The van der Waals surface area contributed by atoms with Crippen LogP contribution >= 0.6 is 0 Å². The normalized spacial score (nSPS) is 21.4. The Balaban J connectivity index is 1.77. The van der Waals surface area contributed by atoms with Crippen LogP contribution in [-0.2, 0) is 49.0 Å². The van der Waals surface area contributed by atoms with E-state index in [1.165, 1.54) is 22.9 Å². The summed E-state index contributed by atoms with van der Waals surface area (Å²) >= 11 is 0. The Bertz CT molecular complexity index is 1520. The Hall–Kier alpha value is -4.92. The molecule has 45 heavy (non-hydrogen) atoms. The average Bonchev–Trinajstić information content (AvgIpc) is 3.38. The molecule has 0 N–H and O–H groups in total. The van der Waals surface area contributed by atoms with Crippen LogP contribution in [0.2, 0.25) is 0 Å². The zero-order valence-electron chi connectivity index (χ0n) is 24.5. The highest BCUT2D eigenvalue weighted by atomic mass is 19.4. The fourth-order valence-corrected chi connectivity index (χ4v) is 4.62. The topological polar surface area (TPSA) is 141 Å². The van der Waals surface area contributed by atoms with Crippen LogP contribution in [0.3, 0.4) is 0 Å². The molecule has 4 rings (SSSR count). The lowest BCUT2D eigenvalue weighted by atomic mass is 9.98. The van der Waals surface area contributed by atoms with Gasteiger partial charge >= 0.3 is 30.1 Å². The van der Waals surface area contributed by atoms with Gasteiger partial charge in [-0.15, -0.1) is 5.10 Å². The van der Waals surface area contributed by atoms with Crippen LogP contribution in [-0.4, -0.2) is 71.0 Å². The number of esters is 4. The van der Waals surface area contributed by atoms with E-state index in [9.17, 15) is 32.3 Å². The lowest BCUT2D eigenvalue weighted by Gasteiger charge is -2.43. The molecular formula is C30H29F3N2O10. The third-order valence-electron chi connectivity index (χ3n) is 6.38. The number of halogens is 3. The molecular weight excluding hydrogens is 605 g/mol. The van der Waals surface area contributed by atoms with Crippen molar-refractivity contribution in [2.75, 3.05) is 6.61 Å². The first-order valence-corrected chi connectivity index (χ1v) is 13.5. The Morgan fingerprint density at radius 1 is 0.800 bits per heavy atom. The summed E-state index contributed by atoms with van der Waals surface area (Å²) in [6.45, 7) is 3.94. The van der Waals surface area contributed by atoms with Crippen LogP contribution in [0.1, 0.15) is 33.3 Å². The number of hydrogen-bond donors (Lipinski definition) is 0. The van der Waals surface area contributed by atoms with Crippen molar-refractivity contribution in [1.82, 2.24) is 9.78 Å². The van der Waals surface area contributed by atoms with E-state index in [0.717, 1.165) is 39.8 Å². The molecule has 5 atom stereocenters. The summed E-state index contributed by atoms with van der Waals surface area (Å²) < 4.78 is 74.4. The van der Waals surface area contributed by atoms with Gasteiger partial charge in [-0.2, -0.15) is 13.2 Å². The van der Waals surface area contributed by atoms with Crippen LogP contribution in [0.4, 0.5) is 13.2 Å². The van der Waals surface area contributed by atoms with Gasteiger partial charge in [-0.3, -0.25) is 19.2 Å². The first-order valence-electron chi connectivity index (χ1n) is 13.5. The van der Waals surface area contributed by atoms with Crippen LogP contribution in [0.15, 0.2) is 60.7 Å². The number of benzene rings is 2. The minimum atomic E-state index is -4.54. The van der Waals surface area contributed by atoms with Gasteiger partial charge in [-0.05, 0) is 24.3 Å². The maximum absolute atomic E-state index is 13.2. The largest absolute Gasteiger partial charge is 0.463 e. The van der Waals surface area contributed by atoms with E-state index in [-0.39, 0.29) is 5.88 Å². The van der Waals surface area contributed by atoms with Gasteiger partial charge in [0.1, 0.15) is 12.7 Å². The van der Waals surface area contributed by atoms with E-state index in [4.69, 9.17) is 28.4 Å². The fraction of sp³-hybridized carbons (Fsp3) is 0.367. The minimum Gasteiger partial charge on any atom is -0.463 e. The SMILES string of the molecule is CC(=O)OC[C@H]1O[C@@H](Oc2cc(-c3ccc(C(F)(F)F)cc3)n(-c3ccccc3)n2)[C@H](OC(C)=O)[C@@H](OC(C)=O)[C@@H]1OC(C)=O. The Morgan fingerprint density at radius 2 is 1.38 bits per heavy atom. The summed E-state index contributed by atoms with van der Waals surface area (Å²) in [7, 11) is 0. The molecule has 0 amide bonds. The zero-order valence-corrected chi connectivity index (χ0v) is 24.5. The predicted molar refractivity (Wildman–Crippen MR) is 147 cm³/mol. The van der Waals surface area contributed by atoms with E-state index in [1.54, 1.807) is 30.3 Å². The second-order valence-electron chi connectivity index (χ2n) is 9.88. The summed E-state index contributed by atoms with van der Waals surface area (Å²) in [5, 5.41) is 4.46. The molecule has 0 bridgehead atoms. The fourth-order valence-electron chi connectivity index (χ4n) is 4.62. The van der Waals surface area contributed by atoms with Gasteiger partial charge in [-0.25, -0.2) is 4.68 Å². The number of aromatic nitrogens is 2. The van der Waals surface area contributed by atoms with Gasteiger partial charge in [0.05, 0.1) is 16.9 Å². The van der Waals surface area contributed by atoms with Crippen molar-refractivity contribution < 1.29 is 60.8 Å². The lowest BCUT2D eigenvalue weighted by molar-refractivity contribution is -0.289. The number of hydrogen-bond acceptors (Lipinski definition) is 11. The molecule has 2 heterocycles. The number of rotatable bonds is 9. The highest BCUT2D eigenvalue weighted by molar-refractivity contribution is 5.69. The van der Waals surface area contributed by atoms with Crippen molar-refractivity contribution in [3.05, 3.63) is 66.2 Å². The van der Waals surface area contributed by atoms with Gasteiger partial charge in [0, 0.05) is 39.3 Å². The van der Waals surface area contributed by atoms with Gasteiger partial charge in [-0.1, -0.05) is 30.3 Å². The molecule has 1 aliphatic rings. The number of carbonyl (C=O) groups is 4. The molecule has 2 aromatic carbocycles. The molecule has 0 spiro atoms. The van der Waals surface area contributed by atoms with E-state index in [1.807, 2.05) is 0 Å². The highest BCUT2D eigenvalue weighted by Crippen LogP contribution is 2.35. The number of para-hydroxylation sites is 1. The van der Waals surface area contributed by atoms with Crippen LogP contribution in [0.25, 0.3) is 16.9 Å². The lowest BCUT2D eigenvalue weighted by Crippen LogP contribution is -2.63. The average molecular weight is 635 g/mol. The molecule has 1 aliphatic heterocycles. The molecule has 1 fully saturated rings. The number of ether oxygens (including phenoxy) is 6. The molecule has 3 aromatic rings. The molecule has 0 aliphatic carbocycles. The Kier molecular flexibility index (Phi) is 10.1. The van der Waals surface area contributed by atoms with Crippen molar-refractivity contribution in [3.63, 3.8) is 0 Å². The molecule has 0 radical (unpaired) electrons. The maximum atomic E-state index is 13.2. The quantitative estimate of drug-likeness (QED) is 0.249. The third kappa shape index (κ3) is 8.38. The van der Waals surface area contributed by atoms with Gasteiger partial charge in [0.2, 0.25) is 18.3 Å². The molecule has 1 aromatic heterocycles. The van der Waals surface area contributed by atoms with E-state index < -0.39 is 72.9 Å². The first-order chi connectivity index (χ1) is 21.2.